The van der Waals surface area contributed by atoms with Crippen molar-refractivity contribution in [3.63, 3.8) is 0 Å². The van der Waals surface area contributed by atoms with Gasteiger partial charge >= 0.3 is 0 Å². The Kier molecular flexibility index (Phi) is 6.06. The molecule has 32 heavy (non-hydrogen) atoms. The fraction of sp³-hybridized carbons (Fsp3) is 0.815. The molecule has 4 saturated carbocycles. The first-order chi connectivity index (χ1) is 15.4. The van der Waals surface area contributed by atoms with E-state index in [1.54, 1.807) is 0 Å². The van der Waals surface area contributed by atoms with E-state index in [4.69, 9.17) is 20.6 Å². The van der Waals surface area contributed by atoms with Gasteiger partial charge in [0.2, 0.25) is 0 Å². The van der Waals surface area contributed by atoms with Crippen LogP contribution < -0.4 is 11.5 Å². The topological polar surface area (TPSA) is 86.8 Å². The van der Waals surface area contributed by atoms with E-state index in [0.717, 1.165) is 36.7 Å². The second-order valence-corrected chi connectivity index (χ2v) is 11.8. The lowest BCUT2D eigenvalue weighted by Gasteiger charge is -2.61. The SMILES string of the molecule is C[C@]12CC[C@H](OCCCN=C(N)N)C[C@H]1CC[C@H]1[C@H]3CC[C@H](c4ccoc4)[C@@]3(C)CC[C@@H]12. The molecule has 4 N–H and O–H groups in total. The maximum absolute atomic E-state index is 6.28. The number of nitrogens with zero attached hydrogens (tertiary/aromatic N) is 1. The normalized spacial score (nSPS) is 43.2. The Bertz CT molecular complexity index is 804. The number of hydrogen-bond acceptors (Lipinski definition) is 3. The molecule has 4 fully saturated rings. The maximum Gasteiger partial charge on any atom is 0.185 e. The molecule has 0 aliphatic heterocycles. The van der Waals surface area contributed by atoms with Crippen LogP contribution in [0.15, 0.2) is 28.0 Å². The third kappa shape index (κ3) is 3.78. The molecule has 5 heteroatoms. The van der Waals surface area contributed by atoms with E-state index < -0.39 is 0 Å². The molecule has 4 aliphatic rings. The van der Waals surface area contributed by atoms with Gasteiger partial charge in [0.25, 0.3) is 0 Å². The Balaban J connectivity index is 1.22. The molecule has 0 bridgehead atoms. The number of rotatable bonds is 6. The second-order valence-electron chi connectivity index (χ2n) is 11.8. The zero-order valence-electron chi connectivity index (χ0n) is 20.1. The lowest BCUT2D eigenvalue weighted by molar-refractivity contribution is -0.131. The minimum atomic E-state index is 0.178. The summed E-state index contributed by atoms with van der Waals surface area (Å²) in [7, 11) is 0. The number of aliphatic imine (C=N–C) groups is 1. The first-order valence-electron chi connectivity index (χ1n) is 13.1. The summed E-state index contributed by atoms with van der Waals surface area (Å²) in [5.74, 6) is 4.42. The quantitative estimate of drug-likeness (QED) is 0.349. The predicted octanol–water partition coefficient (Wildman–Crippen LogP) is 5.45. The van der Waals surface area contributed by atoms with Crippen molar-refractivity contribution < 1.29 is 9.15 Å². The number of fused-ring (bicyclic) bond motifs is 5. The highest BCUT2D eigenvalue weighted by Gasteiger charge is 2.60. The molecule has 5 rings (SSSR count). The zero-order chi connectivity index (χ0) is 22.3. The molecule has 0 radical (unpaired) electrons. The van der Waals surface area contributed by atoms with Crippen LogP contribution in [0.3, 0.4) is 0 Å². The van der Waals surface area contributed by atoms with Gasteiger partial charge < -0.3 is 20.6 Å². The van der Waals surface area contributed by atoms with Gasteiger partial charge in [-0.3, -0.25) is 4.99 Å². The fourth-order valence-electron chi connectivity index (χ4n) is 8.91. The van der Waals surface area contributed by atoms with Gasteiger partial charge in [-0.1, -0.05) is 13.8 Å². The van der Waals surface area contributed by atoms with Gasteiger partial charge in [0.1, 0.15) is 0 Å². The Morgan fingerprint density at radius 3 is 2.66 bits per heavy atom. The molecule has 8 atom stereocenters. The monoisotopic (exact) mass is 441 g/mol. The summed E-state index contributed by atoms with van der Waals surface area (Å²) < 4.78 is 11.8. The van der Waals surface area contributed by atoms with Crippen LogP contribution in [-0.4, -0.2) is 25.2 Å². The van der Waals surface area contributed by atoms with E-state index >= 15 is 0 Å². The van der Waals surface area contributed by atoms with E-state index in [9.17, 15) is 0 Å². The van der Waals surface area contributed by atoms with Crippen LogP contribution in [-0.2, 0) is 4.74 Å². The summed E-state index contributed by atoms with van der Waals surface area (Å²) in [6.07, 6.45) is 17.4. The highest BCUT2D eigenvalue weighted by molar-refractivity contribution is 5.75. The summed E-state index contributed by atoms with van der Waals surface area (Å²) in [6, 6.07) is 2.22. The minimum Gasteiger partial charge on any atom is -0.472 e. The molecule has 4 aliphatic carbocycles. The summed E-state index contributed by atoms with van der Waals surface area (Å²) in [6.45, 7) is 6.70. The lowest BCUT2D eigenvalue weighted by atomic mass is 9.44. The molecule has 0 unspecified atom stereocenters. The summed E-state index contributed by atoms with van der Waals surface area (Å²) in [5, 5.41) is 0. The van der Waals surface area contributed by atoms with Gasteiger partial charge in [-0.05, 0) is 116 Å². The number of furan rings is 1. The number of ether oxygens (including phenoxy) is 1. The Hall–Kier alpha value is -1.49. The average Bonchev–Trinajstić information content (AvgIpc) is 3.40. The summed E-state index contributed by atoms with van der Waals surface area (Å²) in [5.41, 5.74) is 13.3. The molecule has 0 amide bonds. The second kappa shape index (κ2) is 8.70. The third-order valence-electron chi connectivity index (χ3n) is 10.5. The average molecular weight is 442 g/mol. The molecule has 1 heterocycles. The van der Waals surface area contributed by atoms with Gasteiger partial charge in [-0.15, -0.1) is 0 Å². The molecule has 0 aromatic carbocycles. The van der Waals surface area contributed by atoms with Gasteiger partial charge in [-0.2, -0.15) is 0 Å². The zero-order valence-corrected chi connectivity index (χ0v) is 20.1. The third-order valence-corrected chi connectivity index (χ3v) is 10.5. The van der Waals surface area contributed by atoms with Crippen LogP contribution in [0.1, 0.15) is 89.5 Å². The van der Waals surface area contributed by atoms with Crippen molar-refractivity contribution in [3.05, 3.63) is 24.2 Å². The Labute approximate surface area is 193 Å². The highest BCUT2D eigenvalue weighted by Crippen LogP contribution is 2.69. The molecular weight excluding hydrogens is 398 g/mol. The van der Waals surface area contributed by atoms with Crippen molar-refractivity contribution in [1.29, 1.82) is 0 Å². The fourth-order valence-corrected chi connectivity index (χ4v) is 8.91. The molecule has 1 aromatic heterocycles. The predicted molar refractivity (Wildman–Crippen MR) is 128 cm³/mol. The van der Waals surface area contributed by atoms with Crippen LogP contribution in [0.5, 0.6) is 0 Å². The highest BCUT2D eigenvalue weighted by atomic mass is 16.5. The van der Waals surface area contributed by atoms with Gasteiger partial charge in [0.15, 0.2) is 5.96 Å². The maximum atomic E-state index is 6.28. The Morgan fingerprint density at radius 2 is 1.88 bits per heavy atom. The minimum absolute atomic E-state index is 0.178. The standard InChI is InChI=1S/C27H43N3O2/c1-26-11-8-20(32-14-3-13-30-25(28)29)16-19(26)4-5-21-23-7-6-22(18-10-15-31-17-18)27(23,2)12-9-24(21)26/h10,15,17,19-24H,3-9,11-14,16H2,1-2H3,(H4,28,29,30)/t19-,20+,21+,22-,23-,24+,26+,27-/m1/s1. The van der Waals surface area contributed by atoms with Crippen molar-refractivity contribution in [3.8, 4) is 0 Å². The van der Waals surface area contributed by atoms with Crippen LogP contribution in [0.4, 0.5) is 0 Å². The molecule has 178 valence electrons. The van der Waals surface area contributed by atoms with E-state index in [1.165, 1.54) is 63.4 Å². The molecular formula is C27H43N3O2. The number of nitrogens with two attached hydrogens (primary N) is 2. The summed E-state index contributed by atoms with van der Waals surface area (Å²) in [4.78, 5) is 4.07. The van der Waals surface area contributed by atoms with Crippen molar-refractivity contribution in [2.24, 2.45) is 51.0 Å². The van der Waals surface area contributed by atoms with Crippen molar-refractivity contribution in [2.45, 2.75) is 90.1 Å². The van der Waals surface area contributed by atoms with Crippen LogP contribution >= 0.6 is 0 Å². The number of hydrogen-bond donors (Lipinski definition) is 2. The van der Waals surface area contributed by atoms with Gasteiger partial charge in [0, 0.05) is 13.2 Å². The van der Waals surface area contributed by atoms with E-state index in [0.29, 0.717) is 29.4 Å². The Morgan fingerprint density at radius 1 is 1.06 bits per heavy atom. The smallest absolute Gasteiger partial charge is 0.185 e. The van der Waals surface area contributed by atoms with Crippen molar-refractivity contribution in [2.75, 3.05) is 13.2 Å². The van der Waals surface area contributed by atoms with Gasteiger partial charge in [0.05, 0.1) is 18.6 Å². The molecule has 5 nitrogen and oxygen atoms in total. The first kappa shape index (κ1) is 22.3. The van der Waals surface area contributed by atoms with E-state index in [2.05, 4.69) is 24.9 Å². The lowest BCUT2D eigenvalue weighted by Crippen LogP contribution is -2.53. The van der Waals surface area contributed by atoms with Gasteiger partial charge in [-0.25, -0.2) is 0 Å². The molecule has 0 saturated heterocycles. The van der Waals surface area contributed by atoms with Crippen molar-refractivity contribution >= 4 is 5.96 Å². The molecule has 0 spiro atoms. The molecule has 1 aromatic rings. The van der Waals surface area contributed by atoms with Crippen LogP contribution in [0.25, 0.3) is 0 Å². The summed E-state index contributed by atoms with van der Waals surface area (Å²) >= 11 is 0. The van der Waals surface area contributed by atoms with E-state index in [-0.39, 0.29) is 5.96 Å². The largest absolute Gasteiger partial charge is 0.472 e. The number of guanidine groups is 1. The van der Waals surface area contributed by atoms with Crippen molar-refractivity contribution in [1.82, 2.24) is 0 Å². The van der Waals surface area contributed by atoms with E-state index in [1.807, 2.05) is 12.5 Å². The first-order valence-corrected chi connectivity index (χ1v) is 13.1. The van der Waals surface area contributed by atoms with Crippen LogP contribution in [0, 0.1) is 34.5 Å². The van der Waals surface area contributed by atoms with Crippen LogP contribution in [0.2, 0.25) is 0 Å².